The summed E-state index contributed by atoms with van der Waals surface area (Å²) in [6.07, 6.45) is 0. The van der Waals surface area contributed by atoms with Crippen LogP contribution in [0.1, 0.15) is 17.3 Å². The number of rotatable bonds is 3. The lowest BCUT2D eigenvalue weighted by Crippen LogP contribution is -2.31. The van der Waals surface area contributed by atoms with Crippen molar-refractivity contribution in [2.75, 3.05) is 12.9 Å². The number of fused-ring (bicyclic) bond motifs is 3. The van der Waals surface area contributed by atoms with Gasteiger partial charge in [0.05, 0.1) is 24.4 Å². The van der Waals surface area contributed by atoms with E-state index in [1.165, 1.54) is 15.7 Å². The van der Waals surface area contributed by atoms with Gasteiger partial charge in [-0.3, -0.25) is 4.79 Å². The number of methoxy groups -OCH3 is 1. The van der Waals surface area contributed by atoms with Crippen molar-refractivity contribution in [3.8, 4) is 5.75 Å². The molecule has 3 aliphatic rings. The number of nitrogens with zero attached hydrogens (tertiary/aromatic N) is 3. The monoisotopic (exact) mass is 416 g/mol. The first-order valence-electron chi connectivity index (χ1n) is 8.25. The number of aromatic nitrogens is 3. The number of amides is 1. The van der Waals surface area contributed by atoms with Gasteiger partial charge in [0.15, 0.2) is 11.3 Å². The zero-order chi connectivity index (χ0) is 19.4. The molecule has 0 radical (unpaired) electrons. The molecule has 0 fully saturated rings. The molecule has 4 heterocycles. The maximum atomic E-state index is 12.9. The molecule has 0 aliphatic carbocycles. The quantitative estimate of drug-likeness (QED) is 0.742. The topological polar surface area (TPSA) is 116 Å². The van der Waals surface area contributed by atoms with Crippen molar-refractivity contribution in [1.82, 2.24) is 14.2 Å². The Morgan fingerprint density at radius 1 is 1.25 bits per heavy atom. The Balaban J connectivity index is 1.76. The first-order valence-corrected chi connectivity index (χ1v) is 10.1. The summed E-state index contributed by atoms with van der Waals surface area (Å²) >= 11 is 2.30. The molecular weight excluding hydrogens is 404 g/mol. The van der Waals surface area contributed by atoms with Crippen LogP contribution >= 0.6 is 23.7 Å². The molecule has 1 aromatic heterocycles. The number of benzene rings is 1. The molecule has 2 aromatic rings. The molecule has 0 spiro atoms. The van der Waals surface area contributed by atoms with Crippen LogP contribution in [0.25, 0.3) is 5.57 Å². The average molecular weight is 416 g/mol. The van der Waals surface area contributed by atoms with E-state index in [9.17, 15) is 14.4 Å². The lowest BCUT2D eigenvalue weighted by molar-refractivity contribution is -0.140. The second-order valence-electron chi connectivity index (χ2n) is 6.15. The van der Waals surface area contributed by atoms with Crippen molar-refractivity contribution >= 4 is 46.2 Å². The predicted octanol–water partition coefficient (Wildman–Crippen LogP) is 1.18. The maximum absolute atomic E-state index is 12.9. The molecule has 1 amide bonds. The Labute approximate surface area is 166 Å². The van der Waals surface area contributed by atoms with Crippen molar-refractivity contribution < 1.29 is 19.1 Å². The third kappa shape index (κ3) is 2.53. The Hall–Kier alpha value is -2.79. The highest BCUT2D eigenvalue weighted by Gasteiger charge is 2.49. The Kier molecular flexibility index (Phi) is 3.95. The summed E-state index contributed by atoms with van der Waals surface area (Å²) in [4.78, 5) is 40.6. The molecule has 1 N–H and O–H groups in total. The zero-order valence-corrected chi connectivity index (χ0v) is 16.0. The minimum atomic E-state index is -0.624. The number of aliphatic imine (C=N–C) groups is 1. The number of H-pyrrole nitrogens is 1. The SMILES string of the molecule is COc1ccc(C2=C(C3=NC(=O)CS3)C(=O)OC3Sn4c(n[nH]c4=O)C23)cc1. The van der Waals surface area contributed by atoms with Crippen LogP contribution in [0.4, 0.5) is 0 Å². The van der Waals surface area contributed by atoms with E-state index in [0.29, 0.717) is 22.2 Å². The van der Waals surface area contributed by atoms with Crippen molar-refractivity contribution in [2.45, 2.75) is 11.4 Å². The first kappa shape index (κ1) is 17.3. The van der Waals surface area contributed by atoms with Gasteiger partial charge in [-0.1, -0.05) is 23.9 Å². The second kappa shape index (κ2) is 6.38. The summed E-state index contributed by atoms with van der Waals surface area (Å²) in [5, 5.41) is 6.89. The summed E-state index contributed by atoms with van der Waals surface area (Å²) in [6, 6.07) is 7.21. The fraction of sp³-hybridized carbons (Fsp3) is 0.235. The molecule has 11 heteroatoms. The second-order valence-corrected chi connectivity index (χ2v) is 8.16. The average Bonchev–Trinajstić information content (AvgIpc) is 3.37. The lowest BCUT2D eigenvalue weighted by atomic mass is 9.86. The lowest BCUT2D eigenvalue weighted by Gasteiger charge is -2.28. The standard InChI is InChI=1S/C17H12N4O5S2/c1-25-8-4-2-7(3-5-8)10-11-13-19-20-17(24)21(13)28-16(11)26-15(23)12(10)14-18-9(22)6-27-14/h2-5,11,16H,6H2,1H3,(H,20,24). The van der Waals surface area contributed by atoms with Gasteiger partial charge in [-0.2, -0.15) is 5.10 Å². The van der Waals surface area contributed by atoms with Crippen LogP contribution in [0.5, 0.6) is 5.75 Å². The highest BCUT2D eigenvalue weighted by Crippen LogP contribution is 2.50. The van der Waals surface area contributed by atoms with E-state index in [0.717, 1.165) is 17.5 Å². The van der Waals surface area contributed by atoms with Crippen molar-refractivity contribution in [2.24, 2.45) is 4.99 Å². The first-order chi connectivity index (χ1) is 13.6. The molecular formula is C17H12N4O5S2. The van der Waals surface area contributed by atoms with Gasteiger partial charge in [0, 0.05) is 11.9 Å². The number of ether oxygens (including phenoxy) is 2. The summed E-state index contributed by atoms with van der Waals surface area (Å²) in [5.41, 5.74) is 0.612. The molecule has 1 aromatic carbocycles. The van der Waals surface area contributed by atoms with Crippen LogP contribution in [0.15, 0.2) is 39.6 Å². The van der Waals surface area contributed by atoms with Crippen LogP contribution in [0.3, 0.4) is 0 Å². The van der Waals surface area contributed by atoms with Crippen LogP contribution in [0.2, 0.25) is 0 Å². The third-order valence-electron chi connectivity index (χ3n) is 4.60. The molecule has 9 nitrogen and oxygen atoms in total. The van der Waals surface area contributed by atoms with E-state index in [1.807, 2.05) is 12.1 Å². The highest BCUT2D eigenvalue weighted by atomic mass is 32.2. The summed E-state index contributed by atoms with van der Waals surface area (Å²) in [7, 11) is 1.57. The van der Waals surface area contributed by atoms with Crippen molar-refractivity contribution in [3.05, 3.63) is 51.7 Å². The minimum absolute atomic E-state index is 0.179. The zero-order valence-electron chi connectivity index (χ0n) is 14.4. The van der Waals surface area contributed by atoms with Gasteiger partial charge in [0.2, 0.25) is 0 Å². The van der Waals surface area contributed by atoms with Crippen LogP contribution in [0, 0.1) is 0 Å². The van der Waals surface area contributed by atoms with Gasteiger partial charge in [0.25, 0.3) is 5.91 Å². The Bertz CT molecular complexity index is 1130. The molecule has 2 unspecified atom stereocenters. The largest absolute Gasteiger partial charge is 0.497 e. The molecule has 5 rings (SSSR count). The van der Waals surface area contributed by atoms with E-state index in [-0.39, 0.29) is 22.9 Å². The van der Waals surface area contributed by atoms with E-state index < -0.39 is 17.3 Å². The third-order valence-corrected chi connectivity index (χ3v) is 6.70. The number of aromatic amines is 1. The number of hydrogen-bond acceptors (Lipinski definition) is 8. The van der Waals surface area contributed by atoms with Gasteiger partial charge in [-0.25, -0.2) is 23.7 Å². The van der Waals surface area contributed by atoms with Gasteiger partial charge >= 0.3 is 11.7 Å². The smallest absolute Gasteiger partial charge is 0.353 e. The summed E-state index contributed by atoms with van der Waals surface area (Å²) in [5.74, 6) is -0.0228. The number of esters is 1. The number of thioether (sulfide) groups is 1. The van der Waals surface area contributed by atoms with Crippen molar-refractivity contribution in [3.63, 3.8) is 0 Å². The molecule has 3 aliphatic heterocycles. The summed E-state index contributed by atoms with van der Waals surface area (Å²) < 4.78 is 12.2. The molecule has 2 atom stereocenters. The molecule has 0 saturated carbocycles. The predicted molar refractivity (Wildman–Crippen MR) is 103 cm³/mol. The van der Waals surface area contributed by atoms with Gasteiger partial charge in [0.1, 0.15) is 10.8 Å². The highest BCUT2D eigenvalue weighted by molar-refractivity contribution is 8.15. The maximum Gasteiger partial charge on any atom is 0.353 e. The number of carbonyl (C=O) groups is 2. The van der Waals surface area contributed by atoms with Crippen molar-refractivity contribution in [1.29, 1.82) is 0 Å². The van der Waals surface area contributed by atoms with E-state index >= 15 is 0 Å². The number of carbonyl (C=O) groups excluding carboxylic acids is 2. The fourth-order valence-corrected chi connectivity index (χ4v) is 5.35. The van der Waals surface area contributed by atoms with Crippen LogP contribution < -0.4 is 10.4 Å². The fourth-order valence-electron chi connectivity index (χ4n) is 3.40. The van der Waals surface area contributed by atoms with E-state index in [4.69, 9.17) is 9.47 Å². The Morgan fingerprint density at radius 2 is 2.04 bits per heavy atom. The minimum Gasteiger partial charge on any atom is -0.497 e. The molecule has 0 saturated heterocycles. The Morgan fingerprint density at radius 3 is 2.71 bits per heavy atom. The molecule has 28 heavy (non-hydrogen) atoms. The molecule has 0 bridgehead atoms. The molecule has 142 valence electrons. The van der Waals surface area contributed by atoms with Gasteiger partial charge in [-0.15, -0.1) is 0 Å². The van der Waals surface area contributed by atoms with Crippen LogP contribution in [-0.4, -0.2) is 49.4 Å². The normalized spacial score (nSPS) is 23.4. The van der Waals surface area contributed by atoms with E-state index in [2.05, 4.69) is 15.2 Å². The number of nitrogens with one attached hydrogen (secondary N) is 1. The summed E-state index contributed by atoms with van der Waals surface area (Å²) in [6.45, 7) is 0. The van der Waals surface area contributed by atoms with Gasteiger partial charge < -0.3 is 9.47 Å². The van der Waals surface area contributed by atoms with Gasteiger partial charge in [-0.05, 0) is 23.3 Å². The van der Waals surface area contributed by atoms with E-state index in [1.54, 1.807) is 19.2 Å². The van der Waals surface area contributed by atoms with Crippen LogP contribution in [-0.2, 0) is 14.3 Å². The number of hydrogen-bond donors (Lipinski definition) is 1.